The molecule has 0 amide bonds. The second-order valence-corrected chi connectivity index (χ2v) is 9.73. The first-order valence-electron chi connectivity index (χ1n) is 12.8. The molecule has 2 aromatic rings. The van der Waals surface area contributed by atoms with Gasteiger partial charge in [-0.1, -0.05) is 12.8 Å². The maximum atomic E-state index is 6.31. The van der Waals surface area contributed by atoms with Gasteiger partial charge < -0.3 is 29.0 Å². The fourth-order valence-corrected chi connectivity index (χ4v) is 5.69. The number of likely N-dealkylation sites (tertiary alicyclic amines) is 1. The molecule has 7 nitrogen and oxygen atoms in total. The zero-order valence-corrected chi connectivity index (χ0v) is 22.4. The maximum absolute atomic E-state index is 6.31. The summed E-state index contributed by atoms with van der Waals surface area (Å²) < 4.78 is 28.2. The number of ether oxygens (including phenoxy) is 5. The number of hydrogen-bond donors (Lipinski definition) is 1. The summed E-state index contributed by atoms with van der Waals surface area (Å²) in [5.74, 6) is 3.51. The van der Waals surface area contributed by atoms with Crippen LogP contribution in [0.25, 0.3) is 0 Å². The molecule has 0 spiro atoms. The minimum atomic E-state index is 0.160. The Balaban J connectivity index is 1.26. The first-order valence-corrected chi connectivity index (χ1v) is 13.2. The molecule has 196 valence electrons. The Morgan fingerprint density at radius 3 is 2.42 bits per heavy atom. The van der Waals surface area contributed by atoms with Gasteiger partial charge in [-0.3, -0.25) is 4.90 Å². The molecule has 0 radical (unpaired) electrons. The summed E-state index contributed by atoms with van der Waals surface area (Å²) in [6.45, 7) is 2.71. The third-order valence-corrected chi connectivity index (χ3v) is 7.44. The van der Waals surface area contributed by atoms with Crippen LogP contribution < -0.4 is 24.3 Å². The molecule has 1 saturated heterocycles. The van der Waals surface area contributed by atoms with Crippen LogP contribution in [0, 0.1) is 5.92 Å². The number of thiocarbonyl (C=S) groups is 1. The fourth-order valence-electron chi connectivity index (χ4n) is 5.45. The Morgan fingerprint density at radius 2 is 1.67 bits per heavy atom. The lowest BCUT2D eigenvalue weighted by Gasteiger charge is -2.47. The summed E-state index contributed by atoms with van der Waals surface area (Å²) >= 11 is 5.56. The minimum absolute atomic E-state index is 0.160. The molecule has 3 atom stereocenters. The van der Waals surface area contributed by atoms with E-state index >= 15 is 0 Å². The highest BCUT2D eigenvalue weighted by Crippen LogP contribution is 2.37. The summed E-state index contributed by atoms with van der Waals surface area (Å²) in [5, 5.41) is 3.68. The van der Waals surface area contributed by atoms with E-state index in [-0.39, 0.29) is 6.10 Å². The molecule has 1 heterocycles. The molecule has 2 aliphatic rings. The van der Waals surface area contributed by atoms with Gasteiger partial charge in [0.2, 0.25) is 0 Å². The average Bonchev–Trinajstić information content (AvgIpc) is 2.92. The summed E-state index contributed by atoms with van der Waals surface area (Å²) in [6, 6.07) is 13.9. The van der Waals surface area contributed by atoms with Gasteiger partial charge in [0.05, 0.1) is 27.9 Å². The number of methoxy groups -OCH3 is 3. The zero-order chi connectivity index (χ0) is 25.3. The predicted molar refractivity (Wildman–Crippen MR) is 146 cm³/mol. The van der Waals surface area contributed by atoms with Gasteiger partial charge >= 0.3 is 0 Å². The Kier molecular flexibility index (Phi) is 9.53. The SMILES string of the molecule is COc1ccc(NC(=S)O[C@H]2CCN(CCCOc3ccc(OC)c(OC)c3)C3CCCC[C@H]32)cc1. The van der Waals surface area contributed by atoms with Gasteiger partial charge in [-0.25, -0.2) is 0 Å². The fraction of sp³-hybridized carbons (Fsp3) is 0.536. The summed E-state index contributed by atoms with van der Waals surface area (Å²) in [5.41, 5.74) is 0.910. The molecule has 0 aromatic heterocycles. The number of benzene rings is 2. The summed E-state index contributed by atoms with van der Waals surface area (Å²) in [4.78, 5) is 2.64. The predicted octanol–water partition coefficient (Wildman–Crippen LogP) is 5.53. The van der Waals surface area contributed by atoms with Crippen molar-refractivity contribution in [1.29, 1.82) is 0 Å². The van der Waals surface area contributed by atoms with Crippen molar-refractivity contribution in [1.82, 2.24) is 4.90 Å². The van der Waals surface area contributed by atoms with Crippen LogP contribution in [0.5, 0.6) is 23.0 Å². The number of nitrogens with zero attached hydrogens (tertiary/aromatic N) is 1. The van der Waals surface area contributed by atoms with Crippen molar-refractivity contribution in [3.8, 4) is 23.0 Å². The third-order valence-electron chi connectivity index (χ3n) is 7.24. The van der Waals surface area contributed by atoms with E-state index in [1.54, 1.807) is 21.3 Å². The first kappa shape index (κ1) is 26.4. The van der Waals surface area contributed by atoms with Crippen molar-refractivity contribution in [2.75, 3.05) is 46.3 Å². The molecule has 1 unspecified atom stereocenters. The Hall–Kier alpha value is -2.71. The van der Waals surface area contributed by atoms with Crippen LogP contribution in [-0.4, -0.2) is 63.2 Å². The van der Waals surface area contributed by atoms with Crippen molar-refractivity contribution in [3.63, 3.8) is 0 Å². The summed E-state index contributed by atoms with van der Waals surface area (Å²) in [7, 11) is 4.93. The number of anilines is 1. The lowest BCUT2D eigenvalue weighted by Crippen LogP contribution is -2.54. The third kappa shape index (κ3) is 6.73. The first-order chi connectivity index (χ1) is 17.6. The zero-order valence-electron chi connectivity index (χ0n) is 21.5. The number of fused-ring (bicyclic) bond motifs is 1. The lowest BCUT2D eigenvalue weighted by atomic mass is 9.76. The molecule has 1 aliphatic carbocycles. The number of hydrogen-bond acceptors (Lipinski definition) is 7. The van der Waals surface area contributed by atoms with Gasteiger partial charge in [0.25, 0.3) is 5.17 Å². The molecule has 4 rings (SSSR count). The molecule has 1 N–H and O–H groups in total. The highest BCUT2D eigenvalue weighted by Gasteiger charge is 2.40. The van der Waals surface area contributed by atoms with Crippen molar-refractivity contribution < 1.29 is 23.7 Å². The minimum Gasteiger partial charge on any atom is -0.497 e. The highest BCUT2D eigenvalue weighted by atomic mass is 32.1. The van der Waals surface area contributed by atoms with E-state index in [0.29, 0.717) is 35.2 Å². The smallest absolute Gasteiger partial charge is 0.261 e. The monoisotopic (exact) mass is 514 g/mol. The van der Waals surface area contributed by atoms with Gasteiger partial charge in [-0.05, 0) is 74.3 Å². The molecular formula is C28H38N2O5S. The molecule has 0 bridgehead atoms. The van der Waals surface area contributed by atoms with Gasteiger partial charge in [0, 0.05) is 36.8 Å². The normalized spacial score (nSPS) is 21.7. The Labute approximate surface area is 220 Å². The van der Waals surface area contributed by atoms with Gasteiger partial charge in [-0.15, -0.1) is 0 Å². The Morgan fingerprint density at radius 1 is 0.917 bits per heavy atom. The van der Waals surface area contributed by atoms with E-state index in [1.165, 1.54) is 25.7 Å². The number of nitrogens with one attached hydrogen (secondary N) is 1. The highest BCUT2D eigenvalue weighted by molar-refractivity contribution is 7.80. The van der Waals surface area contributed by atoms with E-state index in [4.69, 9.17) is 35.9 Å². The molecular weight excluding hydrogens is 476 g/mol. The molecule has 2 aromatic carbocycles. The second-order valence-electron chi connectivity index (χ2n) is 9.36. The molecule has 1 aliphatic heterocycles. The molecule has 36 heavy (non-hydrogen) atoms. The largest absolute Gasteiger partial charge is 0.497 e. The van der Waals surface area contributed by atoms with E-state index < -0.39 is 0 Å². The Bertz CT molecular complexity index is 986. The van der Waals surface area contributed by atoms with Crippen LogP contribution in [-0.2, 0) is 4.74 Å². The van der Waals surface area contributed by atoms with Crippen LogP contribution in [0.4, 0.5) is 5.69 Å². The van der Waals surface area contributed by atoms with Crippen molar-refractivity contribution in [2.24, 2.45) is 5.92 Å². The van der Waals surface area contributed by atoms with Gasteiger partial charge in [-0.2, -0.15) is 0 Å². The van der Waals surface area contributed by atoms with Gasteiger partial charge in [0.1, 0.15) is 17.6 Å². The van der Waals surface area contributed by atoms with Crippen molar-refractivity contribution in [2.45, 2.75) is 50.7 Å². The number of rotatable bonds is 10. The average molecular weight is 515 g/mol. The molecule has 2 fully saturated rings. The topological polar surface area (TPSA) is 61.4 Å². The van der Waals surface area contributed by atoms with Crippen molar-refractivity contribution >= 4 is 23.1 Å². The maximum Gasteiger partial charge on any atom is 0.261 e. The summed E-state index contributed by atoms with van der Waals surface area (Å²) in [6.07, 6.45) is 7.08. The lowest BCUT2D eigenvalue weighted by molar-refractivity contribution is -0.0288. The molecule has 1 saturated carbocycles. The van der Waals surface area contributed by atoms with E-state index in [2.05, 4.69) is 10.2 Å². The van der Waals surface area contributed by atoms with Crippen LogP contribution in [0.2, 0.25) is 0 Å². The van der Waals surface area contributed by atoms with Crippen molar-refractivity contribution in [3.05, 3.63) is 42.5 Å². The van der Waals surface area contributed by atoms with Gasteiger partial charge in [0.15, 0.2) is 11.5 Å². The molecule has 8 heteroatoms. The van der Waals surface area contributed by atoms with Crippen LogP contribution in [0.1, 0.15) is 38.5 Å². The van der Waals surface area contributed by atoms with Crippen LogP contribution in [0.3, 0.4) is 0 Å². The van der Waals surface area contributed by atoms with E-state index in [1.807, 2.05) is 42.5 Å². The van der Waals surface area contributed by atoms with Crippen LogP contribution >= 0.6 is 12.2 Å². The quantitative estimate of drug-likeness (QED) is 0.328. The van der Waals surface area contributed by atoms with E-state index in [0.717, 1.165) is 43.1 Å². The van der Waals surface area contributed by atoms with Crippen LogP contribution in [0.15, 0.2) is 42.5 Å². The standard InChI is InChI=1S/C28H38N2O5S/c1-31-21-11-9-20(10-12-21)29-28(36)35-25-15-17-30(24-8-5-4-7-23(24)25)16-6-18-34-22-13-14-26(32-2)27(19-22)33-3/h9-14,19,23-25H,4-8,15-18H2,1-3H3,(H,29,36)/t23-,24?,25+/m1/s1. The second kappa shape index (κ2) is 13.0. The number of piperidine rings is 1. The van der Waals surface area contributed by atoms with E-state index in [9.17, 15) is 0 Å².